The van der Waals surface area contributed by atoms with Crippen LogP contribution in [-0.4, -0.2) is 22.5 Å². The van der Waals surface area contributed by atoms with Gasteiger partial charge >= 0.3 is 5.97 Å². The molecule has 0 radical (unpaired) electrons. The summed E-state index contributed by atoms with van der Waals surface area (Å²) < 4.78 is 0.604. The molecule has 0 unspecified atom stereocenters. The maximum absolute atomic E-state index is 11.9. The van der Waals surface area contributed by atoms with Gasteiger partial charge in [0.25, 0.3) is 5.91 Å². The third-order valence-electron chi connectivity index (χ3n) is 2.71. The van der Waals surface area contributed by atoms with Crippen LogP contribution in [0.2, 0.25) is 5.02 Å². The highest BCUT2D eigenvalue weighted by Gasteiger charge is 2.51. The third-order valence-corrected chi connectivity index (χ3v) is 4.00. The molecule has 4 nitrogen and oxygen atoms in total. The molecule has 1 saturated carbocycles. The van der Waals surface area contributed by atoms with Gasteiger partial charge in [0.15, 0.2) is 0 Å². The molecule has 0 atom stereocenters. The van der Waals surface area contributed by atoms with Gasteiger partial charge in [-0.2, -0.15) is 0 Å². The molecule has 0 bridgehead atoms. The normalized spacial score (nSPS) is 16.4. The van der Waals surface area contributed by atoms with Gasteiger partial charge in [-0.15, -0.1) is 0 Å². The lowest BCUT2D eigenvalue weighted by atomic mass is 10.2. The Hall–Kier alpha value is -1.07. The Kier molecular flexibility index (Phi) is 3.14. The van der Waals surface area contributed by atoms with Crippen molar-refractivity contribution in [1.29, 1.82) is 0 Å². The van der Waals surface area contributed by atoms with Crippen LogP contribution in [0.3, 0.4) is 0 Å². The van der Waals surface area contributed by atoms with E-state index in [1.54, 1.807) is 18.2 Å². The Bertz CT molecular complexity index is 499. The van der Waals surface area contributed by atoms with Crippen LogP contribution in [0.15, 0.2) is 22.7 Å². The van der Waals surface area contributed by atoms with E-state index in [-0.39, 0.29) is 10.6 Å². The molecular formula is C11H9BrClNO3. The number of hydrogen-bond donors (Lipinski definition) is 2. The van der Waals surface area contributed by atoms with Crippen molar-refractivity contribution in [1.82, 2.24) is 5.32 Å². The lowest BCUT2D eigenvalue weighted by molar-refractivity contribution is -0.140. The Morgan fingerprint density at radius 1 is 1.41 bits per heavy atom. The van der Waals surface area contributed by atoms with Gasteiger partial charge < -0.3 is 10.4 Å². The van der Waals surface area contributed by atoms with E-state index in [4.69, 9.17) is 16.7 Å². The molecule has 2 N–H and O–H groups in total. The monoisotopic (exact) mass is 317 g/mol. The quantitative estimate of drug-likeness (QED) is 0.899. The predicted molar refractivity (Wildman–Crippen MR) is 66.2 cm³/mol. The molecule has 2 rings (SSSR count). The van der Waals surface area contributed by atoms with Crippen LogP contribution in [0.25, 0.3) is 0 Å². The first kappa shape index (κ1) is 12.4. The van der Waals surface area contributed by atoms with Crippen molar-refractivity contribution >= 4 is 39.4 Å². The first-order chi connectivity index (χ1) is 7.96. The Balaban J connectivity index is 2.21. The number of carbonyl (C=O) groups excluding carboxylic acids is 1. The second-order valence-electron chi connectivity index (χ2n) is 3.94. The molecule has 90 valence electrons. The summed E-state index contributed by atoms with van der Waals surface area (Å²) in [4.78, 5) is 22.8. The number of carboxylic acid groups (broad SMARTS) is 1. The lowest BCUT2D eigenvalue weighted by Crippen LogP contribution is -2.43. The summed E-state index contributed by atoms with van der Waals surface area (Å²) in [6, 6.07) is 4.94. The standard InChI is InChI=1S/C11H9BrClNO3/c12-7-3-1-2-6(8(7)13)9(15)14-11(4-5-11)10(16)17/h1-3H,4-5H2,(H,14,15)(H,16,17). The van der Waals surface area contributed by atoms with Crippen molar-refractivity contribution in [3.63, 3.8) is 0 Å². The largest absolute Gasteiger partial charge is 0.480 e. The zero-order valence-corrected chi connectivity index (χ0v) is 11.0. The zero-order valence-electron chi connectivity index (χ0n) is 8.67. The summed E-state index contributed by atoms with van der Waals surface area (Å²) >= 11 is 9.17. The van der Waals surface area contributed by atoms with E-state index in [0.717, 1.165) is 0 Å². The van der Waals surface area contributed by atoms with Crippen LogP contribution in [-0.2, 0) is 4.79 Å². The Morgan fingerprint density at radius 2 is 2.06 bits per heavy atom. The van der Waals surface area contributed by atoms with Gasteiger partial charge in [0, 0.05) is 4.47 Å². The maximum Gasteiger partial charge on any atom is 0.329 e. The van der Waals surface area contributed by atoms with E-state index in [1.165, 1.54) is 0 Å². The van der Waals surface area contributed by atoms with E-state index in [2.05, 4.69) is 21.2 Å². The number of aliphatic carboxylic acids is 1. The first-order valence-corrected chi connectivity index (χ1v) is 6.13. The summed E-state index contributed by atoms with van der Waals surface area (Å²) in [5.74, 6) is -1.46. The number of hydrogen-bond acceptors (Lipinski definition) is 2. The van der Waals surface area contributed by atoms with Crippen LogP contribution in [0, 0.1) is 0 Å². The number of benzene rings is 1. The van der Waals surface area contributed by atoms with Crippen molar-refractivity contribution in [2.24, 2.45) is 0 Å². The summed E-state index contributed by atoms with van der Waals surface area (Å²) in [5, 5.41) is 11.8. The maximum atomic E-state index is 11.9. The van der Waals surface area contributed by atoms with Crippen LogP contribution < -0.4 is 5.32 Å². The average molecular weight is 319 g/mol. The highest BCUT2D eigenvalue weighted by Crippen LogP contribution is 2.36. The number of amides is 1. The minimum Gasteiger partial charge on any atom is -0.480 e. The second-order valence-corrected chi connectivity index (χ2v) is 5.18. The molecule has 1 aromatic carbocycles. The molecule has 1 aliphatic rings. The summed E-state index contributed by atoms with van der Waals surface area (Å²) in [6.07, 6.45) is 0.916. The highest BCUT2D eigenvalue weighted by molar-refractivity contribution is 9.10. The number of nitrogens with one attached hydrogen (secondary N) is 1. The molecule has 0 spiro atoms. The molecule has 0 heterocycles. The van der Waals surface area contributed by atoms with E-state index >= 15 is 0 Å². The number of carboxylic acids is 1. The van der Waals surface area contributed by atoms with Gasteiger partial charge in [0.2, 0.25) is 0 Å². The van der Waals surface area contributed by atoms with Crippen molar-refractivity contribution in [3.05, 3.63) is 33.3 Å². The third kappa shape index (κ3) is 2.30. The second kappa shape index (κ2) is 4.31. The molecule has 1 aliphatic carbocycles. The minimum absolute atomic E-state index is 0.272. The number of rotatable bonds is 3. The molecule has 17 heavy (non-hydrogen) atoms. The molecule has 1 amide bonds. The zero-order chi connectivity index (χ0) is 12.6. The van der Waals surface area contributed by atoms with Gasteiger partial charge in [0.05, 0.1) is 10.6 Å². The summed E-state index contributed by atoms with van der Waals surface area (Å²) in [5.41, 5.74) is -0.823. The molecule has 0 saturated heterocycles. The molecular weight excluding hydrogens is 309 g/mol. The smallest absolute Gasteiger partial charge is 0.329 e. The molecule has 1 fully saturated rings. The van der Waals surface area contributed by atoms with Gasteiger partial charge in [-0.3, -0.25) is 4.79 Å². The average Bonchev–Trinajstić information content (AvgIpc) is 3.03. The number of carbonyl (C=O) groups is 2. The van der Waals surface area contributed by atoms with E-state index in [9.17, 15) is 9.59 Å². The van der Waals surface area contributed by atoms with Crippen LogP contribution in [0.5, 0.6) is 0 Å². The number of halogens is 2. The Labute approximate surface area is 111 Å². The summed E-state index contributed by atoms with van der Waals surface area (Å²) in [6.45, 7) is 0. The van der Waals surface area contributed by atoms with E-state index < -0.39 is 17.4 Å². The van der Waals surface area contributed by atoms with Crippen molar-refractivity contribution in [2.75, 3.05) is 0 Å². The minimum atomic E-state index is -1.09. The first-order valence-electron chi connectivity index (χ1n) is 4.96. The van der Waals surface area contributed by atoms with Gasteiger partial charge in [-0.1, -0.05) is 17.7 Å². The topological polar surface area (TPSA) is 66.4 Å². The van der Waals surface area contributed by atoms with Crippen LogP contribution in [0.1, 0.15) is 23.2 Å². The molecule has 0 aromatic heterocycles. The van der Waals surface area contributed by atoms with Gasteiger partial charge in [-0.05, 0) is 40.9 Å². The Morgan fingerprint density at radius 3 is 2.59 bits per heavy atom. The van der Waals surface area contributed by atoms with E-state index in [1.807, 2.05) is 0 Å². The van der Waals surface area contributed by atoms with Crippen molar-refractivity contribution in [3.8, 4) is 0 Å². The lowest BCUT2D eigenvalue weighted by Gasteiger charge is -2.13. The van der Waals surface area contributed by atoms with Crippen LogP contribution in [0.4, 0.5) is 0 Å². The fraction of sp³-hybridized carbons (Fsp3) is 0.273. The van der Waals surface area contributed by atoms with Crippen molar-refractivity contribution < 1.29 is 14.7 Å². The summed E-state index contributed by atoms with van der Waals surface area (Å²) in [7, 11) is 0. The highest BCUT2D eigenvalue weighted by atomic mass is 79.9. The van der Waals surface area contributed by atoms with Gasteiger partial charge in [-0.25, -0.2) is 4.79 Å². The molecule has 1 aromatic rings. The van der Waals surface area contributed by atoms with Gasteiger partial charge in [0.1, 0.15) is 5.54 Å². The van der Waals surface area contributed by atoms with E-state index in [0.29, 0.717) is 17.3 Å². The SMILES string of the molecule is O=C(NC1(C(=O)O)CC1)c1cccc(Br)c1Cl. The fourth-order valence-corrected chi connectivity index (χ4v) is 2.06. The predicted octanol–water partition coefficient (Wildman–Crippen LogP) is 2.45. The molecule has 6 heteroatoms. The fourth-order valence-electron chi connectivity index (χ4n) is 1.48. The molecule has 0 aliphatic heterocycles. The van der Waals surface area contributed by atoms with Crippen LogP contribution >= 0.6 is 27.5 Å². The van der Waals surface area contributed by atoms with Crippen molar-refractivity contribution in [2.45, 2.75) is 18.4 Å².